The average molecular weight is 230 g/mol. The number of nitriles is 1. The van der Waals surface area contributed by atoms with E-state index in [1.165, 1.54) is 25.8 Å². The second-order valence-corrected chi connectivity index (χ2v) is 4.52. The van der Waals surface area contributed by atoms with Crippen molar-refractivity contribution in [3.05, 3.63) is 23.9 Å². The first kappa shape index (κ1) is 11.9. The maximum atomic E-state index is 8.97. The number of nitrogens with one attached hydrogen (secondary N) is 1. The van der Waals surface area contributed by atoms with E-state index >= 15 is 0 Å². The zero-order valence-corrected chi connectivity index (χ0v) is 10.2. The molecule has 2 heterocycles. The van der Waals surface area contributed by atoms with Gasteiger partial charge >= 0.3 is 0 Å². The Bertz CT molecular complexity index is 410. The van der Waals surface area contributed by atoms with Crippen LogP contribution in [-0.4, -0.2) is 36.1 Å². The van der Waals surface area contributed by atoms with Gasteiger partial charge < -0.3 is 10.2 Å². The Morgan fingerprint density at radius 3 is 3.24 bits per heavy atom. The van der Waals surface area contributed by atoms with E-state index in [1.807, 2.05) is 0 Å². The molecule has 1 unspecified atom stereocenters. The molecule has 1 aliphatic heterocycles. The normalized spacial score (nSPS) is 20.8. The molecule has 0 bridgehead atoms. The fraction of sp³-hybridized carbons (Fsp3) is 0.538. The molecule has 90 valence electrons. The molecule has 1 fully saturated rings. The van der Waals surface area contributed by atoms with Crippen molar-refractivity contribution in [1.29, 1.82) is 5.26 Å². The second-order valence-electron chi connectivity index (χ2n) is 4.52. The minimum absolute atomic E-state index is 0.553. The first-order valence-electron chi connectivity index (χ1n) is 6.10. The minimum Gasteiger partial charge on any atom is -0.367 e. The number of likely N-dealkylation sites (N-methyl/N-ethyl adjacent to an activating group) is 1. The smallest absolute Gasteiger partial charge is 0.143 e. The number of piperidine rings is 1. The predicted octanol–water partition coefficient (Wildman–Crippen LogP) is 1.85. The molecule has 1 saturated heterocycles. The Morgan fingerprint density at radius 1 is 1.59 bits per heavy atom. The third-order valence-electron chi connectivity index (χ3n) is 3.35. The summed E-state index contributed by atoms with van der Waals surface area (Å²) in [5, 5.41) is 12.3. The van der Waals surface area contributed by atoms with Gasteiger partial charge in [0.05, 0.1) is 5.56 Å². The Kier molecular flexibility index (Phi) is 3.94. The van der Waals surface area contributed by atoms with Gasteiger partial charge in [-0.25, -0.2) is 4.98 Å². The molecule has 0 aliphatic carbocycles. The third-order valence-corrected chi connectivity index (χ3v) is 3.35. The number of rotatable bonds is 3. The SMILES string of the molecule is CN1CCCCC1CNc1ncccc1C#N. The summed E-state index contributed by atoms with van der Waals surface area (Å²) in [5.74, 6) is 0.703. The van der Waals surface area contributed by atoms with Crippen LogP contribution < -0.4 is 5.32 Å². The van der Waals surface area contributed by atoms with E-state index in [-0.39, 0.29) is 0 Å². The van der Waals surface area contributed by atoms with Gasteiger partial charge in [-0.1, -0.05) is 6.42 Å². The van der Waals surface area contributed by atoms with Crippen LogP contribution in [0.1, 0.15) is 24.8 Å². The van der Waals surface area contributed by atoms with E-state index < -0.39 is 0 Å². The molecule has 0 saturated carbocycles. The summed E-state index contributed by atoms with van der Waals surface area (Å²) < 4.78 is 0. The molecule has 1 N–H and O–H groups in total. The lowest BCUT2D eigenvalue weighted by Crippen LogP contribution is -2.40. The Balaban J connectivity index is 1.95. The number of likely N-dealkylation sites (tertiary alicyclic amines) is 1. The maximum Gasteiger partial charge on any atom is 0.143 e. The summed E-state index contributed by atoms with van der Waals surface area (Å²) >= 11 is 0. The molecule has 0 amide bonds. The monoisotopic (exact) mass is 230 g/mol. The van der Waals surface area contributed by atoms with Crippen molar-refractivity contribution in [3.8, 4) is 6.07 Å². The van der Waals surface area contributed by atoms with Gasteiger partial charge in [-0.2, -0.15) is 5.26 Å². The van der Waals surface area contributed by atoms with E-state index in [1.54, 1.807) is 18.3 Å². The van der Waals surface area contributed by atoms with Crippen molar-refractivity contribution in [3.63, 3.8) is 0 Å². The fourth-order valence-electron chi connectivity index (χ4n) is 2.25. The molecule has 1 aliphatic rings. The molecule has 0 aromatic carbocycles. The standard InChI is InChI=1S/C13H18N4/c1-17-8-3-2-6-12(17)10-16-13-11(9-14)5-4-7-15-13/h4-5,7,12H,2-3,6,8,10H2,1H3,(H,15,16). The minimum atomic E-state index is 0.553. The number of hydrogen-bond acceptors (Lipinski definition) is 4. The van der Waals surface area contributed by atoms with E-state index in [0.29, 0.717) is 17.4 Å². The van der Waals surface area contributed by atoms with Gasteiger partial charge in [0.1, 0.15) is 11.9 Å². The molecule has 4 heteroatoms. The van der Waals surface area contributed by atoms with E-state index in [2.05, 4.69) is 28.3 Å². The molecular weight excluding hydrogens is 212 g/mol. The van der Waals surface area contributed by atoms with Crippen molar-refractivity contribution in [2.45, 2.75) is 25.3 Å². The van der Waals surface area contributed by atoms with Crippen molar-refractivity contribution in [1.82, 2.24) is 9.88 Å². The van der Waals surface area contributed by atoms with E-state index in [4.69, 9.17) is 5.26 Å². The highest BCUT2D eigenvalue weighted by Gasteiger charge is 2.18. The number of pyridine rings is 1. The Morgan fingerprint density at radius 2 is 2.47 bits per heavy atom. The van der Waals surface area contributed by atoms with Gasteiger partial charge in [0.15, 0.2) is 0 Å². The quantitative estimate of drug-likeness (QED) is 0.861. The fourth-order valence-corrected chi connectivity index (χ4v) is 2.25. The average Bonchev–Trinajstić information content (AvgIpc) is 2.38. The molecule has 0 radical (unpaired) electrons. The summed E-state index contributed by atoms with van der Waals surface area (Å²) in [7, 11) is 2.16. The first-order valence-corrected chi connectivity index (χ1v) is 6.10. The van der Waals surface area contributed by atoms with Crippen molar-refractivity contribution < 1.29 is 0 Å². The molecule has 0 spiro atoms. The van der Waals surface area contributed by atoms with Gasteiger partial charge in [0, 0.05) is 18.8 Å². The number of anilines is 1. The van der Waals surface area contributed by atoms with Crippen LogP contribution in [0.4, 0.5) is 5.82 Å². The zero-order chi connectivity index (χ0) is 12.1. The predicted molar refractivity (Wildman–Crippen MR) is 67.7 cm³/mol. The van der Waals surface area contributed by atoms with Crippen LogP contribution in [0.3, 0.4) is 0 Å². The summed E-state index contributed by atoms with van der Waals surface area (Å²) in [4.78, 5) is 6.59. The molecule has 1 aromatic rings. The Labute approximate surface area is 102 Å². The van der Waals surface area contributed by atoms with Crippen LogP contribution in [-0.2, 0) is 0 Å². The lowest BCUT2D eigenvalue weighted by Gasteiger charge is -2.32. The van der Waals surface area contributed by atoms with Gasteiger partial charge in [0.25, 0.3) is 0 Å². The largest absolute Gasteiger partial charge is 0.367 e. The van der Waals surface area contributed by atoms with E-state index in [9.17, 15) is 0 Å². The van der Waals surface area contributed by atoms with Crippen LogP contribution in [0, 0.1) is 11.3 Å². The van der Waals surface area contributed by atoms with Crippen molar-refractivity contribution >= 4 is 5.82 Å². The van der Waals surface area contributed by atoms with Crippen LogP contribution in [0.2, 0.25) is 0 Å². The highest BCUT2D eigenvalue weighted by Crippen LogP contribution is 2.16. The Hall–Kier alpha value is -1.60. The molecular formula is C13H18N4. The number of nitrogens with zero attached hydrogens (tertiary/aromatic N) is 3. The van der Waals surface area contributed by atoms with Crippen molar-refractivity contribution in [2.24, 2.45) is 0 Å². The highest BCUT2D eigenvalue weighted by atomic mass is 15.2. The molecule has 1 atom stereocenters. The van der Waals surface area contributed by atoms with Gasteiger partial charge in [0.2, 0.25) is 0 Å². The number of aromatic nitrogens is 1. The third kappa shape index (κ3) is 2.95. The van der Waals surface area contributed by atoms with Gasteiger partial charge in [-0.05, 0) is 38.6 Å². The summed E-state index contributed by atoms with van der Waals surface area (Å²) in [6, 6.07) is 6.29. The lowest BCUT2D eigenvalue weighted by atomic mass is 10.0. The summed E-state index contributed by atoms with van der Waals surface area (Å²) in [6.07, 6.45) is 5.52. The van der Waals surface area contributed by atoms with Crippen LogP contribution >= 0.6 is 0 Å². The zero-order valence-electron chi connectivity index (χ0n) is 10.2. The van der Waals surface area contributed by atoms with Crippen molar-refractivity contribution in [2.75, 3.05) is 25.5 Å². The van der Waals surface area contributed by atoms with Crippen LogP contribution in [0.25, 0.3) is 0 Å². The molecule has 1 aromatic heterocycles. The second kappa shape index (κ2) is 5.65. The van der Waals surface area contributed by atoms with Gasteiger partial charge in [-0.15, -0.1) is 0 Å². The van der Waals surface area contributed by atoms with Gasteiger partial charge in [-0.3, -0.25) is 0 Å². The highest BCUT2D eigenvalue weighted by molar-refractivity contribution is 5.51. The van der Waals surface area contributed by atoms with Crippen LogP contribution in [0.5, 0.6) is 0 Å². The summed E-state index contributed by atoms with van der Waals surface area (Å²) in [5.41, 5.74) is 0.617. The van der Waals surface area contributed by atoms with Crippen LogP contribution in [0.15, 0.2) is 18.3 Å². The molecule has 2 rings (SSSR count). The molecule has 4 nitrogen and oxygen atoms in total. The summed E-state index contributed by atoms with van der Waals surface area (Å²) in [6.45, 7) is 2.03. The molecule has 17 heavy (non-hydrogen) atoms. The first-order chi connectivity index (χ1) is 8.31. The number of hydrogen-bond donors (Lipinski definition) is 1. The topological polar surface area (TPSA) is 52.0 Å². The lowest BCUT2D eigenvalue weighted by molar-refractivity contribution is 0.194. The van der Waals surface area contributed by atoms with E-state index in [0.717, 1.165) is 6.54 Å². The maximum absolute atomic E-state index is 8.97.